The van der Waals surface area contributed by atoms with Gasteiger partial charge in [0.15, 0.2) is 0 Å². The molecule has 2 amide bonds. The van der Waals surface area contributed by atoms with E-state index in [1.807, 2.05) is 20.8 Å². The van der Waals surface area contributed by atoms with Crippen molar-refractivity contribution in [2.75, 3.05) is 7.05 Å². The first-order valence-corrected chi connectivity index (χ1v) is 7.08. The summed E-state index contributed by atoms with van der Waals surface area (Å²) >= 11 is 0. The van der Waals surface area contributed by atoms with Gasteiger partial charge in [0.05, 0.1) is 0 Å². The summed E-state index contributed by atoms with van der Waals surface area (Å²) in [5, 5.41) is 11.4. The van der Waals surface area contributed by atoms with E-state index in [9.17, 15) is 9.00 Å². The van der Waals surface area contributed by atoms with Gasteiger partial charge in [-0.2, -0.15) is 0 Å². The van der Waals surface area contributed by atoms with Gasteiger partial charge in [-0.3, -0.25) is 4.90 Å². The molecule has 0 aromatic rings. The molecule has 0 spiro atoms. The van der Waals surface area contributed by atoms with Crippen LogP contribution in [-0.4, -0.2) is 38.4 Å². The molecule has 18 heavy (non-hydrogen) atoms. The normalized spacial score (nSPS) is 23.4. The number of carbonyl (C=O) groups is 1. The van der Waals surface area contributed by atoms with Crippen LogP contribution >= 0.6 is 0 Å². The van der Waals surface area contributed by atoms with Gasteiger partial charge >= 0.3 is 6.03 Å². The lowest BCUT2D eigenvalue weighted by Gasteiger charge is -2.19. The minimum atomic E-state index is -1.45. The molecule has 1 N–H and O–H groups in total. The molecule has 2 aliphatic rings. The Labute approximate surface area is 109 Å². The van der Waals surface area contributed by atoms with Crippen LogP contribution in [0.2, 0.25) is 0 Å². The third kappa shape index (κ3) is 2.60. The zero-order valence-electron chi connectivity index (χ0n) is 11.1. The number of rotatable bonds is 1. The molecular formula is C11H18N4O2S. The van der Waals surface area contributed by atoms with Crippen LogP contribution in [-0.2, 0) is 10.8 Å². The fourth-order valence-electron chi connectivity index (χ4n) is 1.45. The molecule has 6 nitrogen and oxygen atoms in total. The van der Waals surface area contributed by atoms with Crippen molar-refractivity contribution in [1.82, 2.24) is 10.2 Å². The number of urea groups is 1. The Kier molecular flexibility index (Phi) is 3.27. The van der Waals surface area contributed by atoms with E-state index in [0.29, 0.717) is 5.04 Å². The first-order valence-electron chi connectivity index (χ1n) is 5.93. The molecule has 0 aromatic carbocycles. The molecule has 1 unspecified atom stereocenters. The molecule has 1 heterocycles. The molecule has 1 aliphatic heterocycles. The summed E-state index contributed by atoms with van der Waals surface area (Å²) in [5.41, 5.74) is -0.316. The largest absolute Gasteiger partial charge is 0.335 e. The highest BCUT2D eigenvalue weighted by Crippen LogP contribution is 2.24. The van der Waals surface area contributed by atoms with Gasteiger partial charge in [-0.1, -0.05) is 20.8 Å². The number of nitrogens with zero attached hydrogens (tertiary/aromatic N) is 3. The second-order valence-corrected chi connectivity index (χ2v) is 6.88. The van der Waals surface area contributed by atoms with Crippen molar-refractivity contribution in [2.45, 2.75) is 39.7 Å². The van der Waals surface area contributed by atoms with Crippen molar-refractivity contribution in [2.24, 2.45) is 15.6 Å². The van der Waals surface area contributed by atoms with Crippen molar-refractivity contribution in [3.63, 3.8) is 0 Å². The second-order valence-electron chi connectivity index (χ2n) is 5.59. The smallest absolute Gasteiger partial charge is 0.323 e. The lowest BCUT2D eigenvalue weighted by molar-refractivity contribution is 0.226. The zero-order chi connectivity index (χ0) is 13.5. The Morgan fingerprint density at radius 2 is 2.00 bits per heavy atom. The summed E-state index contributed by atoms with van der Waals surface area (Å²) in [6, 6.07) is -0.00616. The quantitative estimate of drug-likeness (QED) is 0.779. The number of amides is 2. The Morgan fingerprint density at radius 3 is 2.44 bits per heavy atom. The Hall–Kier alpha value is -1.24. The van der Waals surface area contributed by atoms with E-state index in [0.717, 1.165) is 12.8 Å². The van der Waals surface area contributed by atoms with Crippen molar-refractivity contribution < 1.29 is 9.00 Å². The molecule has 1 atom stereocenters. The van der Waals surface area contributed by atoms with Crippen LogP contribution in [0.4, 0.5) is 4.79 Å². The van der Waals surface area contributed by atoms with Gasteiger partial charge in [0.2, 0.25) is 5.17 Å². The Morgan fingerprint density at radius 1 is 1.39 bits per heavy atom. The molecule has 1 fully saturated rings. The van der Waals surface area contributed by atoms with Crippen molar-refractivity contribution in [1.29, 1.82) is 0 Å². The standard InChI is InChI=1S/C11H18N4O2S/c1-11(2,3)8-13-14-10(18(8)17)15(4)9(16)12-7-5-6-7/h7H,5-6H2,1-4H3,(H,12,16). The predicted molar refractivity (Wildman–Crippen MR) is 71.8 cm³/mol. The fourth-order valence-corrected chi connectivity index (χ4v) is 2.75. The van der Waals surface area contributed by atoms with Gasteiger partial charge in [0, 0.05) is 18.5 Å². The van der Waals surface area contributed by atoms with E-state index < -0.39 is 10.8 Å². The van der Waals surface area contributed by atoms with E-state index in [1.165, 1.54) is 4.90 Å². The van der Waals surface area contributed by atoms with Crippen LogP contribution in [0, 0.1) is 5.41 Å². The molecule has 1 aliphatic carbocycles. The first-order chi connectivity index (χ1) is 8.30. The average molecular weight is 270 g/mol. The van der Waals surface area contributed by atoms with Gasteiger partial charge in [-0.25, -0.2) is 9.00 Å². The van der Waals surface area contributed by atoms with Crippen LogP contribution in [0.1, 0.15) is 33.6 Å². The maximum atomic E-state index is 12.2. The molecule has 0 saturated heterocycles. The number of amidine groups is 1. The van der Waals surface area contributed by atoms with Gasteiger partial charge in [0.1, 0.15) is 15.8 Å². The lowest BCUT2D eigenvalue weighted by atomic mass is 9.99. The summed E-state index contributed by atoms with van der Waals surface area (Å²) in [6.07, 6.45) is 2.03. The lowest BCUT2D eigenvalue weighted by Crippen LogP contribution is -2.44. The topological polar surface area (TPSA) is 74.1 Å². The van der Waals surface area contributed by atoms with Gasteiger partial charge in [0.25, 0.3) is 0 Å². The van der Waals surface area contributed by atoms with Crippen molar-refractivity contribution >= 4 is 27.0 Å². The van der Waals surface area contributed by atoms with E-state index >= 15 is 0 Å². The summed E-state index contributed by atoms with van der Waals surface area (Å²) in [6.45, 7) is 5.77. The van der Waals surface area contributed by atoms with Crippen LogP contribution in [0.15, 0.2) is 10.2 Å². The van der Waals surface area contributed by atoms with Crippen LogP contribution < -0.4 is 5.32 Å². The van der Waals surface area contributed by atoms with E-state index in [-0.39, 0.29) is 22.7 Å². The number of hydrogen-bond acceptors (Lipinski definition) is 4. The molecule has 100 valence electrons. The number of carbonyl (C=O) groups excluding carboxylic acids is 1. The van der Waals surface area contributed by atoms with Crippen LogP contribution in [0.5, 0.6) is 0 Å². The minimum Gasteiger partial charge on any atom is -0.335 e. The van der Waals surface area contributed by atoms with Crippen LogP contribution in [0.25, 0.3) is 0 Å². The highest BCUT2D eigenvalue weighted by Gasteiger charge is 2.36. The maximum absolute atomic E-state index is 12.2. The van der Waals surface area contributed by atoms with Crippen LogP contribution in [0.3, 0.4) is 0 Å². The van der Waals surface area contributed by atoms with Gasteiger partial charge < -0.3 is 5.32 Å². The SMILES string of the molecule is CN(C(=O)NC1CC1)C1=NN=C(C(C)(C)C)S1=O. The summed E-state index contributed by atoms with van der Waals surface area (Å²) in [4.78, 5) is 13.1. The zero-order valence-corrected chi connectivity index (χ0v) is 11.9. The van der Waals surface area contributed by atoms with Crippen molar-refractivity contribution in [3.05, 3.63) is 0 Å². The average Bonchev–Trinajstić information content (AvgIpc) is 2.96. The van der Waals surface area contributed by atoms with E-state index in [1.54, 1.807) is 7.05 Å². The highest BCUT2D eigenvalue weighted by atomic mass is 32.2. The molecule has 2 rings (SSSR count). The summed E-state index contributed by atoms with van der Waals surface area (Å²) in [5.74, 6) is 0. The van der Waals surface area contributed by atoms with Gasteiger partial charge in [-0.15, -0.1) is 10.2 Å². The highest BCUT2D eigenvalue weighted by molar-refractivity contribution is 8.14. The number of hydrogen-bond donors (Lipinski definition) is 1. The first kappa shape index (κ1) is 13.2. The minimum absolute atomic E-state index is 0.207. The van der Waals surface area contributed by atoms with Gasteiger partial charge in [-0.05, 0) is 12.8 Å². The summed E-state index contributed by atoms with van der Waals surface area (Å²) in [7, 11) is 0.117. The molecule has 7 heteroatoms. The molecular weight excluding hydrogens is 252 g/mol. The number of nitrogens with one attached hydrogen (secondary N) is 1. The van der Waals surface area contributed by atoms with E-state index in [2.05, 4.69) is 15.5 Å². The second kappa shape index (κ2) is 4.46. The van der Waals surface area contributed by atoms with Crippen molar-refractivity contribution in [3.8, 4) is 0 Å². The fraction of sp³-hybridized carbons (Fsp3) is 0.727. The van der Waals surface area contributed by atoms with E-state index in [4.69, 9.17) is 0 Å². The molecule has 1 saturated carbocycles. The Bertz CT molecular complexity index is 460. The molecule has 0 radical (unpaired) electrons. The third-order valence-electron chi connectivity index (χ3n) is 2.71. The maximum Gasteiger partial charge on any atom is 0.323 e. The molecule has 0 bridgehead atoms. The third-order valence-corrected chi connectivity index (χ3v) is 4.44. The molecule has 0 aromatic heterocycles. The monoisotopic (exact) mass is 270 g/mol. The summed E-state index contributed by atoms with van der Waals surface area (Å²) < 4.78 is 12.2. The predicted octanol–water partition coefficient (Wildman–Crippen LogP) is 1.27. The Balaban J connectivity index is 2.03.